The van der Waals surface area contributed by atoms with Gasteiger partial charge in [-0.05, 0) is 6.42 Å². The van der Waals surface area contributed by atoms with Gasteiger partial charge in [-0.2, -0.15) is 21.0 Å². The lowest BCUT2D eigenvalue weighted by Gasteiger charge is -2.05. The molecule has 0 saturated heterocycles. The lowest BCUT2D eigenvalue weighted by atomic mass is 10.2. The quantitative estimate of drug-likeness (QED) is 0.403. The Morgan fingerprint density at radius 2 is 1.92 bits per heavy atom. The molecule has 0 heterocycles. The van der Waals surface area contributed by atoms with E-state index in [0.29, 0.717) is 6.42 Å². The van der Waals surface area contributed by atoms with Crippen molar-refractivity contribution in [3.8, 4) is 0 Å². The van der Waals surface area contributed by atoms with Gasteiger partial charge in [0, 0.05) is 0 Å². The van der Waals surface area contributed by atoms with Crippen molar-refractivity contribution in [1.29, 1.82) is 0 Å². The molecule has 0 aliphatic carbocycles. The summed E-state index contributed by atoms with van der Waals surface area (Å²) in [5, 5.41) is 0. The van der Waals surface area contributed by atoms with Gasteiger partial charge in [0.1, 0.15) is 4.58 Å². The second kappa shape index (κ2) is 5.83. The van der Waals surface area contributed by atoms with E-state index in [9.17, 15) is 8.42 Å². The Hall–Kier alpha value is 0.260. The van der Waals surface area contributed by atoms with Gasteiger partial charge < -0.3 is 0 Å². The minimum atomic E-state index is -3.93. The van der Waals surface area contributed by atoms with Crippen molar-refractivity contribution in [1.82, 2.24) is 0 Å². The molecule has 0 fully saturated rings. The molecular formula is C7H16O3S2. The minimum absolute atomic E-state index is 0.432. The van der Waals surface area contributed by atoms with Crippen molar-refractivity contribution in [2.75, 3.05) is 0 Å². The highest BCUT2D eigenvalue weighted by atomic mass is 32.3. The van der Waals surface area contributed by atoms with Crippen LogP contribution in [0.15, 0.2) is 0 Å². The Kier molecular flexibility index (Phi) is 5.96. The SMILES string of the molecule is CCCCCCC(S)S(=O)(=O)O. The van der Waals surface area contributed by atoms with Crippen molar-refractivity contribution in [3.05, 3.63) is 0 Å². The molecule has 1 N–H and O–H groups in total. The lowest BCUT2D eigenvalue weighted by molar-refractivity contribution is 0.475. The van der Waals surface area contributed by atoms with Crippen molar-refractivity contribution in [3.63, 3.8) is 0 Å². The van der Waals surface area contributed by atoms with E-state index >= 15 is 0 Å². The Bertz CT molecular complexity index is 199. The topological polar surface area (TPSA) is 54.4 Å². The lowest BCUT2D eigenvalue weighted by Crippen LogP contribution is -2.13. The summed E-state index contributed by atoms with van der Waals surface area (Å²) < 4.78 is 28.6. The van der Waals surface area contributed by atoms with Crippen molar-refractivity contribution < 1.29 is 13.0 Å². The molecule has 74 valence electrons. The molecular weight excluding hydrogens is 196 g/mol. The molecule has 0 aliphatic rings. The van der Waals surface area contributed by atoms with E-state index in [1.54, 1.807) is 0 Å². The molecule has 0 bridgehead atoms. The predicted octanol–water partition coefficient (Wildman–Crippen LogP) is 2.10. The Labute approximate surface area is 79.7 Å². The number of hydrogen-bond donors (Lipinski definition) is 2. The number of thiol groups is 1. The summed E-state index contributed by atoms with van der Waals surface area (Å²) >= 11 is 3.77. The summed E-state index contributed by atoms with van der Waals surface area (Å²) in [6.45, 7) is 2.08. The monoisotopic (exact) mass is 212 g/mol. The average molecular weight is 212 g/mol. The van der Waals surface area contributed by atoms with Gasteiger partial charge in [-0.15, -0.1) is 0 Å². The smallest absolute Gasteiger partial charge is 0.276 e. The molecule has 0 aromatic heterocycles. The fourth-order valence-electron chi connectivity index (χ4n) is 0.895. The molecule has 0 radical (unpaired) electrons. The summed E-state index contributed by atoms with van der Waals surface area (Å²) in [6.07, 6.45) is 4.46. The van der Waals surface area contributed by atoms with Crippen LogP contribution in [0, 0.1) is 0 Å². The second-order valence-electron chi connectivity index (χ2n) is 2.82. The van der Waals surface area contributed by atoms with Gasteiger partial charge in [0.05, 0.1) is 0 Å². The fourth-order valence-corrected chi connectivity index (χ4v) is 1.54. The molecule has 5 heteroatoms. The molecule has 12 heavy (non-hydrogen) atoms. The fraction of sp³-hybridized carbons (Fsp3) is 1.00. The molecule has 1 unspecified atom stereocenters. The van der Waals surface area contributed by atoms with Gasteiger partial charge >= 0.3 is 0 Å². The summed E-state index contributed by atoms with van der Waals surface area (Å²) in [7, 11) is -3.93. The molecule has 0 spiro atoms. The van der Waals surface area contributed by atoms with Crippen molar-refractivity contribution in [2.45, 2.75) is 43.6 Å². The zero-order chi connectivity index (χ0) is 9.61. The summed E-state index contributed by atoms with van der Waals surface area (Å²) in [5.41, 5.74) is 0. The average Bonchev–Trinajstić information content (AvgIpc) is 1.96. The molecule has 0 rings (SSSR count). The maximum absolute atomic E-state index is 10.5. The number of unbranched alkanes of at least 4 members (excludes halogenated alkanes) is 3. The van der Waals surface area contributed by atoms with Crippen LogP contribution >= 0.6 is 12.6 Å². The van der Waals surface area contributed by atoms with Crippen LogP contribution in [0.5, 0.6) is 0 Å². The van der Waals surface area contributed by atoms with E-state index in [0.717, 1.165) is 25.7 Å². The third-order valence-electron chi connectivity index (χ3n) is 1.65. The highest BCUT2D eigenvalue weighted by Crippen LogP contribution is 2.13. The minimum Gasteiger partial charge on any atom is -0.285 e. The van der Waals surface area contributed by atoms with Crippen molar-refractivity contribution >= 4 is 22.7 Å². The van der Waals surface area contributed by atoms with Gasteiger partial charge in [-0.25, -0.2) is 0 Å². The van der Waals surface area contributed by atoms with E-state index < -0.39 is 14.7 Å². The molecule has 0 aromatic carbocycles. The third kappa shape index (κ3) is 5.85. The van der Waals surface area contributed by atoms with Gasteiger partial charge in [0.2, 0.25) is 0 Å². The first-order valence-electron chi connectivity index (χ1n) is 4.13. The molecule has 0 amide bonds. The van der Waals surface area contributed by atoms with E-state index in [1.807, 2.05) is 0 Å². The third-order valence-corrected chi connectivity index (χ3v) is 3.63. The second-order valence-corrected chi connectivity index (χ2v) is 5.39. The summed E-state index contributed by atoms with van der Waals surface area (Å²) in [5.74, 6) is 0. The van der Waals surface area contributed by atoms with Crippen LogP contribution in [-0.2, 0) is 10.1 Å². The van der Waals surface area contributed by atoms with Crippen LogP contribution in [0.3, 0.4) is 0 Å². The van der Waals surface area contributed by atoms with Crippen LogP contribution in [0.4, 0.5) is 0 Å². The predicted molar refractivity (Wildman–Crippen MR) is 53.1 cm³/mol. The van der Waals surface area contributed by atoms with Crippen molar-refractivity contribution in [2.24, 2.45) is 0 Å². The zero-order valence-corrected chi connectivity index (χ0v) is 8.94. The summed E-state index contributed by atoms with van der Waals surface area (Å²) in [6, 6.07) is 0. The largest absolute Gasteiger partial charge is 0.285 e. The first-order valence-corrected chi connectivity index (χ1v) is 6.14. The standard InChI is InChI=1S/C7H16O3S2/c1-2-3-4-5-6-7(11)12(8,9)10/h7,11H,2-6H2,1H3,(H,8,9,10). The van der Waals surface area contributed by atoms with Gasteiger partial charge in [0.15, 0.2) is 0 Å². The Balaban J connectivity index is 3.52. The van der Waals surface area contributed by atoms with Gasteiger partial charge in [0.25, 0.3) is 10.1 Å². The Morgan fingerprint density at radius 3 is 2.33 bits per heavy atom. The van der Waals surface area contributed by atoms with Crippen LogP contribution in [0.1, 0.15) is 39.0 Å². The normalized spacial score (nSPS) is 14.6. The first kappa shape index (κ1) is 12.3. The van der Waals surface area contributed by atoms with E-state index in [1.165, 1.54) is 0 Å². The molecule has 0 aliphatic heterocycles. The molecule has 3 nitrogen and oxygen atoms in total. The van der Waals surface area contributed by atoms with E-state index in [-0.39, 0.29) is 0 Å². The van der Waals surface area contributed by atoms with Gasteiger partial charge in [-0.1, -0.05) is 32.6 Å². The molecule has 0 saturated carbocycles. The van der Waals surface area contributed by atoms with Crippen LogP contribution < -0.4 is 0 Å². The maximum atomic E-state index is 10.5. The Morgan fingerprint density at radius 1 is 1.33 bits per heavy atom. The zero-order valence-electron chi connectivity index (χ0n) is 7.23. The van der Waals surface area contributed by atoms with E-state index in [4.69, 9.17) is 4.55 Å². The maximum Gasteiger partial charge on any atom is 0.276 e. The molecule has 1 atom stereocenters. The van der Waals surface area contributed by atoms with Crippen LogP contribution in [0.2, 0.25) is 0 Å². The van der Waals surface area contributed by atoms with E-state index in [2.05, 4.69) is 19.6 Å². The highest BCUT2D eigenvalue weighted by Gasteiger charge is 2.16. The number of hydrogen-bond acceptors (Lipinski definition) is 3. The van der Waals surface area contributed by atoms with Gasteiger partial charge in [-0.3, -0.25) is 4.55 Å². The number of rotatable bonds is 6. The van der Waals surface area contributed by atoms with Crippen LogP contribution in [-0.4, -0.2) is 17.6 Å². The first-order chi connectivity index (χ1) is 5.48. The highest BCUT2D eigenvalue weighted by molar-refractivity contribution is 8.01. The molecule has 0 aromatic rings. The van der Waals surface area contributed by atoms with Crippen LogP contribution in [0.25, 0.3) is 0 Å². The summed E-state index contributed by atoms with van der Waals surface area (Å²) in [4.78, 5) is 0.